The van der Waals surface area contributed by atoms with Gasteiger partial charge in [0, 0.05) is 6.42 Å². The highest BCUT2D eigenvalue weighted by atomic mass is 31.2. The van der Waals surface area contributed by atoms with Gasteiger partial charge in [0.25, 0.3) is 7.82 Å². The molecule has 8 nitrogen and oxygen atoms in total. The number of aliphatic hydroxyl groups is 1. The molecule has 0 rings (SSSR count). The Bertz CT molecular complexity index is 1290. The van der Waals surface area contributed by atoms with E-state index in [9.17, 15) is 19.4 Å². The van der Waals surface area contributed by atoms with Crippen LogP contribution in [-0.4, -0.2) is 68.5 Å². The van der Waals surface area contributed by atoms with Crippen molar-refractivity contribution < 1.29 is 32.9 Å². The zero-order valence-electron chi connectivity index (χ0n) is 45.3. The third-order valence-corrected chi connectivity index (χ3v) is 13.6. The Hall–Kier alpha value is -1.80. The lowest BCUT2D eigenvalue weighted by Crippen LogP contribution is -2.45. The molecule has 2 N–H and O–H groups in total. The maximum Gasteiger partial charge on any atom is 0.268 e. The number of likely N-dealkylation sites (N-methyl/N-ethyl adjacent to an activating group) is 1. The summed E-state index contributed by atoms with van der Waals surface area (Å²) in [7, 11) is 1.23. The van der Waals surface area contributed by atoms with Crippen LogP contribution in [0.5, 0.6) is 0 Å². The maximum absolute atomic E-state index is 13.0. The van der Waals surface area contributed by atoms with Gasteiger partial charge in [-0.25, -0.2) is 0 Å². The zero-order chi connectivity index (χ0) is 49.9. The highest BCUT2D eigenvalue weighted by molar-refractivity contribution is 7.45. The number of phosphoric acid groups is 1. The lowest BCUT2D eigenvalue weighted by atomic mass is 10.0. The summed E-state index contributed by atoms with van der Waals surface area (Å²) in [6.45, 7) is 4.63. The molecule has 3 unspecified atom stereocenters. The minimum absolute atomic E-state index is 0.0124. The van der Waals surface area contributed by atoms with Crippen molar-refractivity contribution in [1.82, 2.24) is 5.32 Å². The number of unbranched alkanes of at least 4 members (excludes halogenated alkanes) is 31. The highest BCUT2D eigenvalue weighted by Crippen LogP contribution is 2.38. The molecule has 0 aliphatic rings. The summed E-state index contributed by atoms with van der Waals surface area (Å²) in [6.07, 6.45) is 67.3. The molecule has 68 heavy (non-hydrogen) atoms. The van der Waals surface area contributed by atoms with Crippen LogP contribution < -0.4 is 10.2 Å². The van der Waals surface area contributed by atoms with Crippen molar-refractivity contribution in [2.75, 3.05) is 40.9 Å². The summed E-state index contributed by atoms with van der Waals surface area (Å²) < 4.78 is 23.3. The van der Waals surface area contributed by atoms with E-state index in [1.165, 1.54) is 173 Å². The monoisotopic (exact) mass is 975 g/mol. The van der Waals surface area contributed by atoms with Gasteiger partial charge in [-0.2, -0.15) is 0 Å². The lowest BCUT2D eigenvalue weighted by molar-refractivity contribution is -0.870. The Morgan fingerprint density at radius 3 is 1.28 bits per heavy atom. The van der Waals surface area contributed by atoms with Gasteiger partial charge in [0.2, 0.25) is 5.91 Å². The minimum Gasteiger partial charge on any atom is -0.756 e. The van der Waals surface area contributed by atoms with Crippen molar-refractivity contribution in [3.8, 4) is 0 Å². The number of aliphatic hydroxyl groups excluding tert-OH is 1. The quantitative estimate of drug-likeness (QED) is 0.0272. The number of nitrogens with one attached hydrogen (secondary N) is 1. The maximum atomic E-state index is 13.0. The molecule has 0 aromatic carbocycles. The van der Waals surface area contributed by atoms with Gasteiger partial charge in [-0.05, 0) is 77.0 Å². The van der Waals surface area contributed by atoms with E-state index in [4.69, 9.17) is 9.05 Å². The van der Waals surface area contributed by atoms with Gasteiger partial charge in [0.15, 0.2) is 0 Å². The van der Waals surface area contributed by atoms with Gasteiger partial charge in [0.05, 0.1) is 39.9 Å². The predicted molar refractivity (Wildman–Crippen MR) is 293 cm³/mol. The summed E-state index contributed by atoms with van der Waals surface area (Å²) in [6, 6.07) is -0.917. The number of hydrogen-bond acceptors (Lipinski definition) is 6. The number of hydrogen-bond donors (Lipinski definition) is 2. The molecular weight excluding hydrogens is 864 g/mol. The van der Waals surface area contributed by atoms with E-state index in [0.29, 0.717) is 17.4 Å². The first-order valence-corrected chi connectivity index (χ1v) is 30.1. The number of nitrogens with zero attached hydrogens (tertiary/aromatic N) is 1. The standard InChI is InChI=1S/C59H111N2O6P/c1-6-8-10-12-14-16-18-20-22-24-26-28-30-32-34-36-38-40-42-44-46-48-50-52-58(62)57(56-67-68(64,65)66-55-54-61(3,4)5)60-59(63)53-51-49-47-45-43-41-39-37-35-33-31-29-27-25-23-21-19-17-15-13-11-9-7-2/h27,29,33-36,42,44,50,52,57-58,62H,6-26,28,30-32,37-41,43,45-49,51,53-56H2,1-5H3,(H-,60,63,64,65)/b29-27-,35-33-,36-34+,44-42+,52-50+. The van der Waals surface area contributed by atoms with E-state index >= 15 is 0 Å². The molecule has 0 fully saturated rings. The number of phosphoric ester groups is 1. The molecule has 398 valence electrons. The van der Waals surface area contributed by atoms with Crippen molar-refractivity contribution in [1.29, 1.82) is 0 Å². The number of amides is 1. The molecule has 0 radical (unpaired) electrons. The van der Waals surface area contributed by atoms with E-state index in [1.807, 2.05) is 27.2 Å². The van der Waals surface area contributed by atoms with Gasteiger partial charge >= 0.3 is 0 Å². The second-order valence-corrected chi connectivity index (χ2v) is 22.0. The average molecular weight is 976 g/mol. The molecule has 0 bridgehead atoms. The summed E-state index contributed by atoms with van der Waals surface area (Å²) in [4.78, 5) is 25.5. The van der Waals surface area contributed by atoms with Crippen LogP contribution in [0.25, 0.3) is 0 Å². The fourth-order valence-corrected chi connectivity index (χ4v) is 8.88. The van der Waals surface area contributed by atoms with E-state index in [-0.39, 0.29) is 12.5 Å². The van der Waals surface area contributed by atoms with Gasteiger partial charge in [-0.1, -0.05) is 235 Å². The van der Waals surface area contributed by atoms with Crippen LogP contribution in [0.3, 0.4) is 0 Å². The Kier molecular flexibility index (Phi) is 48.8. The molecular formula is C59H111N2O6P. The topological polar surface area (TPSA) is 108 Å². The zero-order valence-corrected chi connectivity index (χ0v) is 46.2. The average Bonchev–Trinajstić information content (AvgIpc) is 3.30. The molecule has 0 saturated carbocycles. The number of rotatable bonds is 52. The Morgan fingerprint density at radius 1 is 0.515 bits per heavy atom. The number of quaternary nitrogens is 1. The minimum atomic E-state index is -4.61. The first kappa shape index (κ1) is 66.2. The smallest absolute Gasteiger partial charge is 0.268 e. The molecule has 3 atom stereocenters. The van der Waals surface area contributed by atoms with Gasteiger partial charge < -0.3 is 28.8 Å². The highest BCUT2D eigenvalue weighted by Gasteiger charge is 2.23. The summed E-state index contributed by atoms with van der Waals surface area (Å²) in [5.41, 5.74) is 0. The van der Waals surface area contributed by atoms with Crippen molar-refractivity contribution in [3.05, 3.63) is 60.8 Å². The lowest BCUT2D eigenvalue weighted by Gasteiger charge is -2.29. The van der Waals surface area contributed by atoms with Crippen LogP contribution in [0.4, 0.5) is 0 Å². The molecule has 9 heteroatoms. The summed E-state index contributed by atoms with van der Waals surface area (Å²) >= 11 is 0. The van der Waals surface area contributed by atoms with Crippen molar-refractivity contribution >= 4 is 13.7 Å². The van der Waals surface area contributed by atoms with Crippen LogP contribution in [0.1, 0.15) is 258 Å². The van der Waals surface area contributed by atoms with E-state index in [2.05, 4.69) is 67.8 Å². The van der Waals surface area contributed by atoms with Crippen molar-refractivity contribution in [3.63, 3.8) is 0 Å². The Balaban J connectivity index is 4.33. The largest absolute Gasteiger partial charge is 0.756 e. The summed E-state index contributed by atoms with van der Waals surface area (Å²) in [5.74, 6) is -0.218. The van der Waals surface area contributed by atoms with Crippen LogP contribution in [0, 0.1) is 0 Å². The third kappa shape index (κ3) is 52.0. The SMILES string of the molecule is CCCCCCCCCCC/C=C\C/C=C\CCCCCCCCCC(=O)NC(COP(=O)([O-])OCC[N+](C)(C)C)C(O)/C=C/CC/C=C/CC/C=C/CCCCCCCCCCCCCCC. The van der Waals surface area contributed by atoms with Gasteiger partial charge in [-0.3, -0.25) is 9.36 Å². The fraction of sp³-hybridized carbons (Fsp3) is 0.814. The summed E-state index contributed by atoms with van der Waals surface area (Å²) in [5, 5.41) is 13.9. The number of carbonyl (C=O) groups is 1. The number of carbonyl (C=O) groups excluding carboxylic acids is 1. The van der Waals surface area contributed by atoms with E-state index in [0.717, 1.165) is 64.2 Å². The second-order valence-electron chi connectivity index (χ2n) is 20.6. The van der Waals surface area contributed by atoms with Crippen LogP contribution >= 0.6 is 7.82 Å². The number of allylic oxidation sites excluding steroid dienone is 9. The Labute approximate surface area is 422 Å². The molecule has 0 aromatic rings. The van der Waals surface area contributed by atoms with Crippen molar-refractivity contribution in [2.45, 2.75) is 270 Å². The fourth-order valence-electron chi connectivity index (χ4n) is 8.16. The molecule has 1 amide bonds. The molecule has 0 heterocycles. The van der Waals surface area contributed by atoms with Gasteiger partial charge in [-0.15, -0.1) is 0 Å². The van der Waals surface area contributed by atoms with Crippen molar-refractivity contribution in [2.24, 2.45) is 0 Å². The third-order valence-electron chi connectivity index (χ3n) is 12.7. The van der Waals surface area contributed by atoms with Crippen LogP contribution in [0.2, 0.25) is 0 Å². The molecule has 0 aliphatic heterocycles. The molecule has 0 aromatic heterocycles. The normalized spacial score (nSPS) is 14.4. The Morgan fingerprint density at radius 2 is 0.868 bits per heavy atom. The van der Waals surface area contributed by atoms with Gasteiger partial charge in [0.1, 0.15) is 13.2 Å². The van der Waals surface area contributed by atoms with Crippen LogP contribution in [0.15, 0.2) is 60.8 Å². The molecule has 0 aliphatic carbocycles. The second kappa shape index (κ2) is 50.2. The first-order chi connectivity index (χ1) is 33.0. The van der Waals surface area contributed by atoms with Crippen LogP contribution in [-0.2, 0) is 18.4 Å². The molecule has 0 spiro atoms. The first-order valence-electron chi connectivity index (χ1n) is 28.7. The van der Waals surface area contributed by atoms with E-state index in [1.54, 1.807) is 6.08 Å². The predicted octanol–water partition coefficient (Wildman–Crippen LogP) is 16.7. The molecule has 0 saturated heterocycles. The van der Waals surface area contributed by atoms with E-state index < -0.39 is 26.6 Å².